The van der Waals surface area contributed by atoms with Gasteiger partial charge in [0.25, 0.3) is 0 Å². The van der Waals surface area contributed by atoms with Crippen molar-refractivity contribution >= 4 is 0 Å². The van der Waals surface area contributed by atoms with E-state index in [1.807, 2.05) is 6.92 Å². The van der Waals surface area contributed by atoms with Crippen LogP contribution >= 0.6 is 0 Å². The van der Waals surface area contributed by atoms with Gasteiger partial charge in [0.05, 0.1) is 23.6 Å². The van der Waals surface area contributed by atoms with E-state index >= 15 is 0 Å². The molecular weight excluding hydrogens is 205 g/mol. The maximum atomic E-state index is 12.7. The standard InChI is InChI=1S/C12H12FN3/c1-8-6-16-11(7-15-8)12(14)9-2-4-10(13)5-3-9/h2-7,12H,14H2,1H3. The molecule has 0 saturated heterocycles. The van der Waals surface area contributed by atoms with Crippen LogP contribution in [0.2, 0.25) is 0 Å². The molecule has 0 saturated carbocycles. The van der Waals surface area contributed by atoms with Crippen molar-refractivity contribution in [3.8, 4) is 0 Å². The maximum Gasteiger partial charge on any atom is 0.123 e. The highest BCUT2D eigenvalue weighted by Crippen LogP contribution is 2.17. The van der Waals surface area contributed by atoms with E-state index in [0.29, 0.717) is 5.69 Å². The minimum atomic E-state index is -0.367. The molecule has 16 heavy (non-hydrogen) atoms. The minimum absolute atomic E-state index is 0.272. The molecule has 1 unspecified atom stereocenters. The monoisotopic (exact) mass is 217 g/mol. The van der Waals surface area contributed by atoms with Crippen molar-refractivity contribution in [2.75, 3.05) is 0 Å². The van der Waals surface area contributed by atoms with Crippen molar-refractivity contribution < 1.29 is 4.39 Å². The summed E-state index contributed by atoms with van der Waals surface area (Å²) in [6, 6.07) is 5.71. The van der Waals surface area contributed by atoms with Gasteiger partial charge in [-0.3, -0.25) is 9.97 Å². The van der Waals surface area contributed by atoms with Crippen molar-refractivity contribution in [3.63, 3.8) is 0 Å². The molecule has 1 aromatic carbocycles. The van der Waals surface area contributed by atoms with Crippen molar-refractivity contribution in [1.82, 2.24) is 9.97 Å². The summed E-state index contributed by atoms with van der Waals surface area (Å²) in [5, 5.41) is 0. The van der Waals surface area contributed by atoms with Gasteiger partial charge >= 0.3 is 0 Å². The van der Waals surface area contributed by atoms with Gasteiger partial charge in [0.1, 0.15) is 5.82 Å². The van der Waals surface area contributed by atoms with Crippen LogP contribution in [0.5, 0.6) is 0 Å². The second-order valence-corrected chi connectivity index (χ2v) is 3.61. The molecule has 0 aliphatic heterocycles. The van der Waals surface area contributed by atoms with Crippen LogP contribution in [-0.2, 0) is 0 Å². The molecule has 0 radical (unpaired) electrons. The molecule has 1 heterocycles. The Bertz CT molecular complexity index is 419. The predicted molar refractivity (Wildman–Crippen MR) is 59.2 cm³/mol. The van der Waals surface area contributed by atoms with E-state index in [0.717, 1.165) is 11.3 Å². The molecule has 0 spiro atoms. The topological polar surface area (TPSA) is 51.8 Å². The largest absolute Gasteiger partial charge is 0.319 e. The Balaban J connectivity index is 2.28. The van der Waals surface area contributed by atoms with Crippen LogP contribution in [0.15, 0.2) is 36.7 Å². The quantitative estimate of drug-likeness (QED) is 0.836. The summed E-state index contributed by atoms with van der Waals surface area (Å²) in [5.74, 6) is -0.272. The molecule has 3 nitrogen and oxygen atoms in total. The Morgan fingerprint density at radius 3 is 2.38 bits per heavy atom. The summed E-state index contributed by atoms with van der Waals surface area (Å²) in [4.78, 5) is 8.32. The van der Waals surface area contributed by atoms with Crippen LogP contribution in [0.4, 0.5) is 4.39 Å². The first-order valence-electron chi connectivity index (χ1n) is 4.96. The van der Waals surface area contributed by atoms with Crippen molar-refractivity contribution in [2.45, 2.75) is 13.0 Å². The molecular formula is C12H12FN3. The molecule has 2 rings (SSSR count). The van der Waals surface area contributed by atoms with Crippen LogP contribution in [-0.4, -0.2) is 9.97 Å². The van der Waals surface area contributed by atoms with Gasteiger partial charge in [-0.25, -0.2) is 4.39 Å². The lowest BCUT2D eigenvalue weighted by molar-refractivity contribution is 0.626. The highest BCUT2D eigenvalue weighted by molar-refractivity contribution is 5.26. The Labute approximate surface area is 93.2 Å². The van der Waals surface area contributed by atoms with Gasteiger partial charge in [-0.15, -0.1) is 0 Å². The number of aromatic nitrogens is 2. The Kier molecular flexibility index (Phi) is 2.92. The lowest BCUT2D eigenvalue weighted by atomic mass is 10.1. The summed E-state index contributed by atoms with van der Waals surface area (Å²) in [6.07, 6.45) is 3.31. The molecule has 1 aromatic heterocycles. The highest BCUT2D eigenvalue weighted by atomic mass is 19.1. The summed E-state index contributed by atoms with van der Waals surface area (Å²) < 4.78 is 12.7. The van der Waals surface area contributed by atoms with E-state index in [1.165, 1.54) is 12.1 Å². The SMILES string of the molecule is Cc1cnc(C(N)c2ccc(F)cc2)cn1. The Morgan fingerprint density at radius 2 is 1.81 bits per heavy atom. The number of hydrogen-bond donors (Lipinski definition) is 1. The predicted octanol–water partition coefficient (Wildman–Crippen LogP) is 1.97. The van der Waals surface area contributed by atoms with Crippen molar-refractivity contribution in [1.29, 1.82) is 0 Å². The van der Waals surface area contributed by atoms with Crippen LogP contribution in [0, 0.1) is 12.7 Å². The van der Waals surface area contributed by atoms with Crippen molar-refractivity contribution in [3.05, 3.63) is 59.4 Å². The van der Waals surface area contributed by atoms with E-state index in [2.05, 4.69) is 9.97 Å². The lowest BCUT2D eigenvalue weighted by Gasteiger charge is -2.10. The lowest BCUT2D eigenvalue weighted by Crippen LogP contribution is -2.14. The number of nitrogens with zero attached hydrogens (tertiary/aromatic N) is 2. The normalized spacial score (nSPS) is 12.4. The minimum Gasteiger partial charge on any atom is -0.319 e. The maximum absolute atomic E-state index is 12.7. The van der Waals surface area contributed by atoms with Crippen LogP contribution in [0.3, 0.4) is 0 Å². The molecule has 0 fully saturated rings. The molecule has 0 amide bonds. The molecule has 82 valence electrons. The first-order chi connectivity index (χ1) is 7.66. The zero-order valence-corrected chi connectivity index (χ0v) is 8.89. The molecule has 4 heteroatoms. The van der Waals surface area contributed by atoms with E-state index in [-0.39, 0.29) is 11.9 Å². The fourth-order valence-corrected chi connectivity index (χ4v) is 1.40. The zero-order valence-electron chi connectivity index (χ0n) is 8.89. The number of aryl methyl sites for hydroxylation is 1. The number of hydrogen-bond acceptors (Lipinski definition) is 3. The van der Waals surface area contributed by atoms with E-state index in [4.69, 9.17) is 5.73 Å². The second kappa shape index (κ2) is 4.37. The highest BCUT2D eigenvalue weighted by Gasteiger charge is 2.10. The fraction of sp³-hybridized carbons (Fsp3) is 0.167. The third-order valence-electron chi connectivity index (χ3n) is 2.35. The van der Waals surface area contributed by atoms with Gasteiger partial charge in [0, 0.05) is 6.20 Å². The number of halogens is 1. The molecule has 0 aliphatic rings. The summed E-state index contributed by atoms with van der Waals surface area (Å²) in [7, 11) is 0. The van der Waals surface area contributed by atoms with Gasteiger partial charge in [0.2, 0.25) is 0 Å². The van der Waals surface area contributed by atoms with Gasteiger partial charge in [-0.05, 0) is 24.6 Å². The van der Waals surface area contributed by atoms with E-state index < -0.39 is 0 Å². The second-order valence-electron chi connectivity index (χ2n) is 3.61. The van der Waals surface area contributed by atoms with Crippen molar-refractivity contribution in [2.24, 2.45) is 5.73 Å². The Hall–Kier alpha value is -1.81. The summed E-state index contributed by atoms with van der Waals surface area (Å²) in [5.41, 5.74) is 8.33. The Morgan fingerprint density at radius 1 is 1.12 bits per heavy atom. The van der Waals surface area contributed by atoms with Crippen LogP contribution < -0.4 is 5.73 Å². The molecule has 0 bridgehead atoms. The van der Waals surface area contributed by atoms with Gasteiger partial charge in [-0.2, -0.15) is 0 Å². The van der Waals surface area contributed by atoms with E-state index in [1.54, 1.807) is 24.5 Å². The summed E-state index contributed by atoms with van der Waals surface area (Å²) >= 11 is 0. The first kappa shape index (κ1) is 10.7. The van der Waals surface area contributed by atoms with Crippen LogP contribution in [0.1, 0.15) is 23.0 Å². The average Bonchev–Trinajstić information content (AvgIpc) is 2.30. The van der Waals surface area contributed by atoms with E-state index in [9.17, 15) is 4.39 Å². The van der Waals surface area contributed by atoms with Gasteiger partial charge < -0.3 is 5.73 Å². The fourth-order valence-electron chi connectivity index (χ4n) is 1.40. The third-order valence-corrected chi connectivity index (χ3v) is 2.35. The number of nitrogens with two attached hydrogens (primary N) is 1. The third kappa shape index (κ3) is 2.23. The van der Waals surface area contributed by atoms with Gasteiger partial charge in [-0.1, -0.05) is 12.1 Å². The number of rotatable bonds is 2. The molecule has 2 N–H and O–H groups in total. The molecule has 1 atom stereocenters. The molecule has 0 aliphatic carbocycles. The first-order valence-corrected chi connectivity index (χ1v) is 4.96. The average molecular weight is 217 g/mol. The summed E-state index contributed by atoms with van der Waals surface area (Å²) in [6.45, 7) is 1.86. The molecule has 2 aromatic rings. The number of benzene rings is 1. The zero-order chi connectivity index (χ0) is 11.5. The smallest absolute Gasteiger partial charge is 0.123 e. The van der Waals surface area contributed by atoms with Gasteiger partial charge in [0.15, 0.2) is 0 Å². The van der Waals surface area contributed by atoms with Crippen LogP contribution in [0.25, 0.3) is 0 Å².